The maximum atomic E-state index is 12.3. The van der Waals surface area contributed by atoms with Crippen LogP contribution in [0, 0.1) is 0 Å². The second-order valence-electron chi connectivity index (χ2n) is 3.97. The standard InChI is InChI=1S/C12H13Cl2NO2/c1-17-11-9(6-8(13)7-10(11)14)12(16)15-4-2-3-5-15/h6-7H,2-5H2,1H3. The molecule has 2 rings (SSSR count). The van der Waals surface area contributed by atoms with Crippen molar-refractivity contribution in [1.82, 2.24) is 4.90 Å². The van der Waals surface area contributed by atoms with Crippen molar-refractivity contribution < 1.29 is 9.53 Å². The van der Waals surface area contributed by atoms with Crippen molar-refractivity contribution in [2.75, 3.05) is 20.2 Å². The Hall–Kier alpha value is -0.930. The van der Waals surface area contributed by atoms with E-state index >= 15 is 0 Å². The summed E-state index contributed by atoms with van der Waals surface area (Å²) in [5, 5.41) is 0.806. The molecule has 3 nitrogen and oxygen atoms in total. The lowest BCUT2D eigenvalue weighted by atomic mass is 10.1. The molecule has 1 fully saturated rings. The average molecular weight is 274 g/mol. The number of carbonyl (C=O) groups is 1. The fraction of sp³-hybridized carbons (Fsp3) is 0.417. The number of methoxy groups -OCH3 is 1. The topological polar surface area (TPSA) is 29.5 Å². The molecule has 0 radical (unpaired) electrons. The maximum absolute atomic E-state index is 12.3. The van der Waals surface area contributed by atoms with E-state index in [1.165, 1.54) is 7.11 Å². The highest BCUT2D eigenvalue weighted by molar-refractivity contribution is 6.36. The number of halogens is 2. The zero-order chi connectivity index (χ0) is 12.4. The van der Waals surface area contributed by atoms with Crippen LogP contribution < -0.4 is 4.74 Å². The highest BCUT2D eigenvalue weighted by Crippen LogP contribution is 2.33. The van der Waals surface area contributed by atoms with Crippen LogP contribution in [-0.4, -0.2) is 31.0 Å². The first-order valence-electron chi connectivity index (χ1n) is 5.46. The van der Waals surface area contributed by atoms with Gasteiger partial charge in [-0.3, -0.25) is 4.79 Å². The summed E-state index contributed by atoms with van der Waals surface area (Å²) in [6.07, 6.45) is 2.09. The Kier molecular flexibility index (Phi) is 3.79. The van der Waals surface area contributed by atoms with E-state index in [9.17, 15) is 4.79 Å². The van der Waals surface area contributed by atoms with Crippen LogP contribution in [0.3, 0.4) is 0 Å². The van der Waals surface area contributed by atoms with Gasteiger partial charge in [0, 0.05) is 18.1 Å². The smallest absolute Gasteiger partial charge is 0.257 e. The molecule has 0 bridgehead atoms. The lowest BCUT2D eigenvalue weighted by Crippen LogP contribution is -2.28. The molecule has 1 aromatic rings. The zero-order valence-electron chi connectivity index (χ0n) is 9.50. The summed E-state index contributed by atoms with van der Waals surface area (Å²) in [6.45, 7) is 1.57. The molecule has 1 aromatic carbocycles. The molecule has 0 unspecified atom stereocenters. The van der Waals surface area contributed by atoms with E-state index in [-0.39, 0.29) is 5.91 Å². The van der Waals surface area contributed by atoms with Gasteiger partial charge in [0.05, 0.1) is 17.7 Å². The minimum absolute atomic E-state index is 0.0660. The van der Waals surface area contributed by atoms with Crippen LogP contribution >= 0.6 is 23.2 Å². The minimum atomic E-state index is -0.0660. The predicted molar refractivity (Wildman–Crippen MR) is 68.2 cm³/mol. The SMILES string of the molecule is COc1c(Cl)cc(Cl)cc1C(=O)N1CCCC1. The van der Waals surface area contributed by atoms with E-state index in [0.29, 0.717) is 21.4 Å². The summed E-state index contributed by atoms with van der Waals surface area (Å²) >= 11 is 11.9. The molecule has 0 saturated carbocycles. The van der Waals surface area contributed by atoms with E-state index in [0.717, 1.165) is 25.9 Å². The molecule has 1 aliphatic heterocycles. The second kappa shape index (κ2) is 5.15. The van der Waals surface area contributed by atoms with Gasteiger partial charge >= 0.3 is 0 Å². The van der Waals surface area contributed by atoms with Crippen molar-refractivity contribution in [2.45, 2.75) is 12.8 Å². The summed E-state index contributed by atoms with van der Waals surface area (Å²) in [4.78, 5) is 14.1. The fourth-order valence-corrected chi connectivity index (χ4v) is 2.59. The number of carbonyl (C=O) groups excluding carboxylic acids is 1. The number of hydrogen-bond donors (Lipinski definition) is 0. The molecule has 1 saturated heterocycles. The summed E-state index contributed by atoms with van der Waals surface area (Å²) < 4.78 is 5.17. The minimum Gasteiger partial charge on any atom is -0.494 e. The van der Waals surface area contributed by atoms with Crippen molar-refractivity contribution in [3.05, 3.63) is 27.7 Å². The Morgan fingerprint density at radius 1 is 1.29 bits per heavy atom. The van der Waals surface area contributed by atoms with Crippen LogP contribution in [0.2, 0.25) is 10.0 Å². The van der Waals surface area contributed by atoms with E-state index in [1.54, 1.807) is 17.0 Å². The van der Waals surface area contributed by atoms with Gasteiger partial charge in [0.15, 0.2) is 0 Å². The molecule has 0 N–H and O–H groups in total. The Bertz CT molecular complexity index is 442. The van der Waals surface area contributed by atoms with Gasteiger partial charge in [0.2, 0.25) is 0 Å². The van der Waals surface area contributed by atoms with Crippen LogP contribution in [0.15, 0.2) is 12.1 Å². The molecule has 1 aliphatic rings. The summed E-state index contributed by atoms with van der Waals surface area (Å²) in [7, 11) is 1.50. The molecule has 17 heavy (non-hydrogen) atoms. The number of hydrogen-bond acceptors (Lipinski definition) is 2. The van der Waals surface area contributed by atoms with Crippen molar-refractivity contribution >= 4 is 29.1 Å². The number of ether oxygens (including phenoxy) is 1. The number of likely N-dealkylation sites (tertiary alicyclic amines) is 1. The van der Waals surface area contributed by atoms with Gasteiger partial charge < -0.3 is 9.64 Å². The molecule has 0 aromatic heterocycles. The third-order valence-corrected chi connectivity index (χ3v) is 3.34. The van der Waals surface area contributed by atoms with Crippen LogP contribution in [0.4, 0.5) is 0 Å². The molecule has 1 amide bonds. The van der Waals surface area contributed by atoms with Crippen LogP contribution in [0.5, 0.6) is 5.75 Å². The molecule has 5 heteroatoms. The van der Waals surface area contributed by atoms with Crippen molar-refractivity contribution in [2.24, 2.45) is 0 Å². The van der Waals surface area contributed by atoms with Gasteiger partial charge in [-0.25, -0.2) is 0 Å². The molecule has 0 atom stereocenters. The molecule has 92 valence electrons. The normalized spacial score (nSPS) is 15.1. The van der Waals surface area contributed by atoms with Crippen LogP contribution in [0.1, 0.15) is 23.2 Å². The third kappa shape index (κ3) is 2.50. The summed E-state index contributed by atoms with van der Waals surface area (Å²) in [5.41, 5.74) is 0.437. The number of nitrogens with zero attached hydrogens (tertiary/aromatic N) is 1. The highest BCUT2D eigenvalue weighted by atomic mass is 35.5. The van der Waals surface area contributed by atoms with Crippen molar-refractivity contribution in [3.8, 4) is 5.75 Å². The number of rotatable bonds is 2. The molecular formula is C12H13Cl2NO2. The molecule has 0 aliphatic carbocycles. The first kappa shape index (κ1) is 12.5. The Morgan fingerprint density at radius 2 is 1.94 bits per heavy atom. The first-order valence-corrected chi connectivity index (χ1v) is 6.21. The molecular weight excluding hydrogens is 261 g/mol. The van der Waals surface area contributed by atoms with E-state index < -0.39 is 0 Å². The second-order valence-corrected chi connectivity index (χ2v) is 4.81. The third-order valence-electron chi connectivity index (χ3n) is 2.84. The average Bonchev–Trinajstić information content (AvgIpc) is 2.80. The van der Waals surface area contributed by atoms with Gasteiger partial charge in [0.1, 0.15) is 5.75 Å². The highest BCUT2D eigenvalue weighted by Gasteiger charge is 2.24. The van der Waals surface area contributed by atoms with Gasteiger partial charge in [-0.15, -0.1) is 0 Å². The first-order chi connectivity index (χ1) is 8.13. The van der Waals surface area contributed by atoms with E-state index in [2.05, 4.69) is 0 Å². The zero-order valence-corrected chi connectivity index (χ0v) is 11.0. The quantitative estimate of drug-likeness (QED) is 0.828. The van der Waals surface area contributed by atoms with Gasteiger partial charge in [-0.05, 0) is 25.0 Å². The van der Waals surface area contributed by atoms with Gasteiger partial charge in [0.25, 0.3) is 5.91 Å². The Balaban J connectivity index is 2.39. The van der Waals surface area contributed by atoms with Gasteiger partial charge in [-0.2, -0.15) is 0 Å². The lowest BCUT2D eigenvalue weighted by Gasteiger charge is -2.18. The van der Waals surface area contributed by atoms with Gasteiger partial charge in [-0.1, -0.05) is 23.2 Å². The number of benzene rings is 1. The van der Waals surface area contributed by atoms with E-state index in [1.807, 2.05) is 0 Å². The fourth-order valence-electron chi connectivity index (χ4n) is 2.02. The lowest BCUT2D eigenvalue weighted by molar-refractivity contribution is 0.0789. The molecule has 0 spiro atoms. The summed E-state index contributed by atoms with van der Waals surface area (Å²) in [5.74, 6) is 0.330. The predicted octanol–water partition coefficient (Wildman–Crippen LogP) is 3.24. The van der Waals surface area contributed by atoms with Crippen molar-refractivity contribution in [3.63, 3.8) is 0 Å². The molecule has 1 heterocycles. The van der Waals surface area contributed by atoms with E-state index in [4.69, 9.17) is 27.9 Å². The maximum Gasteiger partial charge on any atom is 0.257 e. The van der Waals surface area contributed by atoms with Crippen molar-refractivity contribution in [1.29, 1.82) is 0 Å². The summed E-state index contributed by atoms with van der Waals surface area (Å²) in [6, 6.07) is 3.18. The Labute approximate surface area is 110 Å². The monoisotopic (exact) mass is 273 g/mol. The number of amides is 1. The van der Waals surface area contributed by atoms with Crippen LogP contribution in [-0.2, 0) is 0 Å². The largest absolute Gasteiger partial charge is 0.494 e. The Morgan fingerprint density at radius 3 is 2.53 bits per heavy atom. The van der Waals surface area contributed by atoms with Crippen LogP contribution in [0.25, 0.3) is 0 Å².